The molecule has 0 heterocycles. The highest BCUT2D eigenvalue weighted by molar-refractivity contribution is 7.92. The molecule has 12 heteroatoms. The molecular formula is C28H29Cl4N3O4S. The topological polar surface area (TPSA) is 86.8 Å². The molecule has 0 saturated carbocycles. The Kier molecular flexibility index (Phi) is 11.1. The Bertz CT molecular complexity index is 1470. The van der Waals surface area contributed by atoms with Gasteiger partial charge in [0.15, 0.2) is 0 Å². The minimum Gasteiger partial charge on any atom is -0.354 e. The normalized spacial score (nSPS) is 12.2. The summed E-state index contributed by atoms with van der Waals surface area (Å²) in [5, 5.41) is 3.61. The van der Waals surface area contributed by atoms with E-state index in [4.69, 9.17) is 46.4 Å². The molecule has 3 aromatic rings. The first kappa shape index (κ1) is 32.0. The number of nitrogens with one attached hydrogen (secondary N) is 1. The van der Waals surface area contributed by atoms with Crippen LogP contribution >= 0.6 is 46.4 Å². The number of carbonyl (C=O) groups is 2. The van der Waals surface area contributed by atoms with Crippen molar-refractivity contribution < 1.29 is 18.0 Å². The molecule has 0 unspecified atom stereocenters. The number of halogens is 4. The maximum Gasteiger partial charge on any atom is 0.264 e. The molecule has 0 aliphatic rings. The highest BCUT2D eigenvalue weighted by Crippen LogP contribution is 2.35. The second-order valence-electron chi connectivity index (χ2n) is 9.47. The molecule has 0 aliphatic carbocycles. The number of amides is 2. The van der Waals surface area contributed by atoms with Crippen molar-refractivity contribution in [2.45, 2.75) is 38.3 Å². The van der Waals surface area contributed by atoms with Crippen LogP contribution in [-0.2, 0) is 26.2 Å². The number of benzene rings is 3. The van der Waals surface area contributed by atoms with Crippen molar-refractivity contribution in [3.63, 3.8) is 0 Å². The molecule has 0 spiro atoms. The van der Waals surface area contributed by atoms with Crippen LogP contribution in [-0.4, -0.2) is 44.3 Å². The third-order valence-corrected chi connectivity index (χ3v) is 9.19. The van der Waals surface area contributed by atoms with Crippen molar-refractivity contribution in [1.82, 2.24) is 10.2 Å². The monoisotopic (exact) mass is 643 g/mol. The minimum absolute atomic E-state index is 0.0211. The number of hydrogen-bond donors (Lipinski definition) is 1. The molecule has 0 saturated heterocycles. The summed E-state index contributed by atoms with van der Waals surface area (Å²) < 4.78 is 28.5. The van der Waals surface area contributed by atoms with Crippen molar-refractivity contribution in [2.24, 2.45) is 5.92 Å². The summed E-state index contributed by atoms with van der Waals surface area (Å²) in [7, 11) is -4.28. The molecule has 214 valence electrons. The van der Waals surface area contributed by atoms with E-state index in [1.165, 1.54) is 41.3 Å². The van der Waals surface area contributed by atoms with Gasteiger partial charge in [-0.25, -0.2) is 8.42 Å². The van der Waals surface area contributed by atoms with Gasteiger partial charge >= 0.3 is 0 Å². The fraction of sp³-hybridized carbons (Fsp3) is 0.286. The maximum absolute atomic E-state index is 14.0. The molecule has 3 aromatic carbocycles. The number of carbonyl (C=O) groups excluding carboxylic acids is 2. The summed E-state index contributed by atoms with van der Waals surface area (Å²) in [6.07, 6.45) is 0. The Morgan fingerprint density at radius 3 is 2.17 bits per heavy atom. The van der Waals surface area contributed by atoms with Crippen LogP contribution in [0.1, 0.15) is 26.3 Å². The molecule has 2 amide bonds. The lowest BCUT2D eigenvalue weighted by molar-refractivity contribution is -0.139. The summed E-state index contributed by atoms with van der Waals surface area (Å²) in [4.78, 5) is 28.3. The Labute approximate surface area is 255 Å². The van der Waals surface area contributed by atoms with Gasteiger partial charge in [-0.15, -0.1) is 0 Å². The summed E-state index contributed by atoms with van der Waals surface area (Å²) in [5.74, 6) is -0.873. The highest BCUT2D eigenvalue weighted by Gasteiger charge is 2.34. The van der Waals surface area contributed by atoms with Gasteiger partial charge in [-0.3, -0.25) is 13.9 Å². The second-order valence-corrected chi connectivity index (χ2v) is 13.0. The first-order valence-corrected chi connectivity index (χ1v) is 15.3. The largest absolute Gasteiger partial charge is 0.354 e. The Hall–Kier alpha value is -2.49. The fourth-order valence-electron chi connectivity index (χ4n) is 3.79. The van der Waals surface area contributed by atoms with Crippen LogP contribution in [0.15, 0.2) is 71.6 Å². The van der Waals surface area contributed by atoms with Gasteiger partial charge in [0.25, 0.3) is 10.0 Å². The Morgan fingerprint density at radius 2 is 1.55 bits per heavy atom. The van der Waals surface area contributed by atoms with E-state index < -0.39 is 34.4 Å². The third kappa shape index (κ3) is 7.83. The van der Waals surface area contributed by atoms with E-state index in [9.17, 15) is 18.0 Å². The summed E-state index contributed by atoms with van der Waals surface area (Å²) in [5.41, 5.74) is 0.550. The maximum atomic E-state index is 14.0. The number of rotatable bonds is 11. The molecule has 0 fully saturated rings. The molecule has 40 heavy (non-hydrogen) atoms. The van der Waals surface area contributed by atoms with Crippen molar-refractivity contribution in [1.29, 1.82) is 0 Å². The Balaban J connectivity index is 2.07. The quantitative estimate of drug-likeness (QED) is 0.252. The Morgan fingerprint density at radius 1 is 0.875 bits per heavy atom. The zero-order valence-corrected chi connectivity index (χ0v) is 25.9. The highest BCUT2D eigenvalue weighted by atomic mass is 35.5. The van der Waals surface area contributed by atoms with Crippen molar-refractivity contribution in [2.75, 3.05) is 17.4 Å². The average Bonchev–Trinajstić information content (AvgIpc) is 2.91. The smallest absolute Gasteiger partial charge is 0.264 e. The summed E-state index contributed by atoms with van der Waals surface area (Å²) in [6, 6.07) is 16.0. The molecule has 0 radical (unpaired) electrons. The van der Waals surface area contributed by atoms with E-state index in [1.54, 1.807) is 37.3 Å². The molecular weight excluding hydrogens is 616 g/mol. The van der Waals surface area contributed by atoms with Gasteiger partial charge in [-0.1, -0.05) is 90.6 Å². The van der Waals surface area contributed by atoms with Gasteiger partial charge in [0.05, 0.1) is 20.6 Å². The molecule has 0 aliphatic heterocycles. The van der Waals surface area contributed by atoms with E-state index in [-0.39, 0.29) is 33.1 Å². The van der Waals surface area contributed by atoms with E-state index in [1.807, 2.05) is 13.8 Å². The average molecular weight is 645 g/mol. The van der Waals surface area contributed by atoms with Crippen molar-refractivity contribution in [3.05, 3.63) is 92.4 Å². The molecule has 7 nitrogen and oxygen atoms in total. The minimum atomic E-state index is -4.28. The van der Waals surface area contributed by atoms with Crippen LogP contribution in [0, 0.1) is 5.92 Å². The molecule has 1 N–H and O–H groups in total. The second kappa shape index (κ2) is 13.9. The first-order valence-electron chi connectivity index (χ1n) is 12.4. The number of nitrogens with zero attached hydrogens (tertiary/aromatic N) is 2. The lowest BCUT2D eigenvalue weighted by atomic mass is 10.1. The van der Waals surface area contributed by atoms with Gasteiger partial charge in [-0.05, 0) is 54.8 Å². The first-order chi connectivity index (χ1) is 18.8. The molecule has 0 aromatic heterocycles. The lowest BCUT2D eigenvalue weighted by Gasteiger charge is -2.32. The van der Waals surface area contributed by atoms with E-state index >= 15 is 0 Å². The fourth-order valence-corrected chi connectivity index (χ4v) is 6.15. The van der Waals surface area contributed by atoms with Crippen LogP contribution in [0.3, 0.4) is 0 Å². The molecule has 0 bridgehead atoms. The van der Waals surface area contributed by atoms with Crippen LogP contribution in [0.25, 0.3) is 0 Å². The van der Waals surface area contributed by atoms with Gasteiger partial charge in [0.1, 0.15) is 12.6 Å². The number of anilines is 1. The zero-order valence-electron chi connectivity index (χ0n) is 22.1. The third-order valence-electron chi connectivity index (χ3n) is 6.02. The van der Waals surface area contributed by atoms with E-state index in [0.717, 1.165) is 4.31 Å². The summed E-state index contributed by atoms with van der Waals surface area (Å²) >= 11 is 25.1. The lowest BCUT2D eigenvalue weighted by Crippen LogP contribution is -2.51. The van der Waals surface area contributed by atoms with Gasteiger partial charge < -0.3 is 10.2 Å². The number of hydrogen-bond acceptors (Lipinski definition) is 4. The molecule has 3 rings (SSSR count). The van der Waals surface area contributed by atoms with Crippen LogP contribution < -0.4 is 9.62 Å². The van der Waals surface area contributed by atoms with Crippen LogP contribution in [0.4, 0.5) is 5.69 Å². The van der Waals surface area contributed by atoms with Crippen molar-refractivity contribution in [3.8, 4) is 0 Å². The van der Waals surface area contributed by atoms with E-state index in [0.29, 0.717) is 22.2 Å². The van der Waals surface area contributed by atoms with Crippen molar-refractivity contribution >= 4 is 73.9 Å². The van der Waals surface area contributed by atoms with Gasteiger partial charge in [0.2, 0.25) is 11.8 Å². The predicted molar refractivity (Wildman–Crippen MR) is 162 cm³/mol. The van der Waals surface area contributed by atoms with Gasteiger partial charge in [0, 0.05) is 23.1 Å². The van der Waals surface area contributed by atoms with Gasteiger partial charge in [-0.2, -0.15) is 0 Å². The zero-order chi connectivity index (χ0) is 29.6. The standard InChI is InChI=1S/C28H29Cl4N3O4S/c1-18(2)15-33-28(37)19(3)34(16-20-12-13-21(29)14-24(20)31)26(36)17-35(25-11-7-10-23(30)27(25)32)40(38,39)22-8-5-4-6-9-22/h4-14,18-19H,15-17H2,1-3H3,(H,33,37)/t19-/m1/s1. The van der Waals surface area contributed by atoms with Crippen LogP contribution in [0.5, 0.6) is 0 Å². The van der Waals surface area contributed by atoms with E-state index in [2.05, 4.69) is 5.32 Å². The SMILES string of the molecule is CC(C)CNC(=O)[C@@H](C)N(Cc1ccc(Cl)cc1Cl)C(=O)CN(c1cccc(Cl)c1Cl)S(=O)(=O)c1ccccc1. The number of sulfonamides is 1. The van der Waals surface area contributed by atoms with Crippen LogP contribution in [0.2, 0.25) is 20.1 Å². The molecule has 1 atom stereocenters. The summed E-state index contributed by atoms with van der Waals surface area (Å²) in [6.45, 7) is 5.13. The predicted octanol–water partition coefficient (Wildman–Crippen LogP) is 6.69.